The Morgan fingerprint density at radius 2 is 2.18 bits per heavy atom. The highest BCUT2D eigenvalue weighted by atomic mass is 79.9. The lowest BCUT2D eigenvalue weighted by Crippen LogP contribution is -1.98. The van der Waals surface area contributed by atoms with Crippen LogP contribution in [0.4, 0.5) is 0 Å². The van der Waals surface area contributed by atoms with Crippen molar-refractivity contribution in [3.8, 4) is 0 Å². The summed E-state index contributed by atoms with van der Waals surface area (Å²) in [5.74, 6) is 0. The molecular weight excluding hydrogens is 204 g/mol. The van der Waals surface area contributed by atoms with Gasteiger partial charge in [0.15, 0.2) is 0 Å². The molecule has 0 heterocycles. The summed E-state index contributed by atoms with van der Waals surface area (Å²) in [5, 5.41) is 0. The fourth-order valence-electron chi connectivity index (χ4n) is 0.764. The fourth-order valence-corrected chi connectivity index (χ4v) is 1.16. The van der Waals surface area contributed by atoms with Crippen molar-refractivity contribution in [2.45, 2.75) is 0 Å². The molecule has 0 saturated carbocycles. The molecule has 1 rings (SSSR count). The second-order valence-corrected chi connectivity index (χ2v) is 3.05. The van der Waals surface area contributed by atoms with E-state index >= 15 is 0 Å². The van der Waals surface area contributed by atoms with Crippen LogP contribution in [-0.4, -0.2) is 0 Å². The number of nitrogens with two attached hydrogens (primary N) is 2. The van der Waals surface area contributed by atoms with Gasteiger partial charge in [-0.2, -0.15) is 0 Å². The predicted octanol–water partition coefficient (Wildman–Crippen LogP) is 1.66. The summed E-state index contributed by atoms with van der Waals surface area (Å²) in [5.41, 5.74) is 12.4. The third kappa shape index (κ3) is 1.98. The Morgan fingerprint density at radius 3 is 2.73 bits per heavy atom. The van der Waals surface area contributed by atoms with Gasteiger partial charge in [0.1, 0.15) is 0 Å². The summed E-state index contributed by atoms with van der Waals surface area (Å²) in [6, 6.07) is 7.67. The molecule has 0 bridgehead atoms. The molecule has 58 valence electrons. The largest absolute Gasteiger partial charge is 0.403 e. The van der Waals surface area contributed by atoms with Gasteiger partial charge >= 0.3 is 0 Å². The van der Waals surface area contributed by atoms with Gasteiger partial charge < -0.3 is 11.5 Å². The summed E-state index contributed by atoms with van der Waals surface area (Å²) in [6.45, 7) is 0. The van der Waals surface area contributed by atoms with Crippen molar-refractivity contribution >= 4 is 21.6 Å². The van der Waals surface area contributed by atoms with E-state index in [0.717, 1.165) is 10.0 Å². The van der Waals surface area contributed by atoms with Crippen LogP contribution in [0.1, 0.15) is 5.56 Å². The highest BCUT2D eigenvalue weighted by Crippen LogP contribution is 2.14. The zero-order valence-corrected chi connectivity index (χ0v) is 7.51. The van der Waals surface area contributed by atoms with E-state index in [1.165, 1.54) is 6.20 Å². The molecule has 11 heavy (non-hydrogen) atoms. The van der Waals surface area contributed by atoms with Gasteiger partial charge in [-0.25, -0.2) is 0 Å². The highest BCUT2D eigenvalue weighted by Gasteiger charge is 1.94. The van der Waals surface area contributed by atoms with Crippen LogP contribution in [-0.2, 0) is 0 Å². The molecule has 0 saturated heterocycles. The van der Waals surface area contributed by atoms with Crippen LogP contribution >= 0.6 is 15.9 Å². The SMILES string of the molecule is N/C=C(\N)c1cccc(Br)c1. The molecule has 2 nitrogen and oxygen atoms in total. The molecule has 0 unspecified atom stereocenters. The van der Waals surface area contributed by atoms with E-state index in [0.29, 0.717) is 5.70 Å². The van der Waals surface area contributed by atoms with Crippen LogP contribution in [0.3, 0.4) is 0 Å². The molecule has 1 aromatic carbocycles. The Morgan fingerprint density at radius 1 is 1.45 bits per heavy atom. The van der Waals surface area contributed by atoms with Gasteiger partial charge in [0.05, 0.1) is 5.70 Å². The minimum atomic E-state index is 0.589. The van der Waals surface area contributed by atoms with Gasteiger partial charge in [-0.3, -0.25) is 0 Å². The first-order valence-corrected chi connectivity index (χ1v) is 3.96. The number of rotatable bonds is 1. The average molecular weight is 213 g/mol. The van der Waals surface area contributed by atoms with Crippen molar-refractivity contribution in [3.63, 3.8) is 0 Å². The van der Waals surface area contributed by atoms with Crippen LogP contribution in [0.2, 0.25) is 0 Å². The van der Waals surface area contributed by atoms with Gasteiger partial charge in [0, 0.05) is 10.7 Å². The Hall–Kier alpha value is -0.960. The van der Waals surface area contributed by atoms with Crippen molar-refractivity contribution in [3.05, 3.63) is 40.5 Å². The lowest BCUT2D eigenvalue weighted by Gasteiger charge is -1.99. The molecule has 0 radical (unpaired) electrons. The normalized spacial score (nSPS) is 11.5. The summed E-state index contributed by atoms with van der Waals surface area (Å²) in [7, 11) is 0. The molecule has 0 fully saturated rings. The molecule has 3 heteroatoms. The van der Waals surface area contributed by atoms with E-state index in [1.807, 2.05) is 24.3 Å². The number of hydrogen-bond donors (Lipinski definition) is 2. The third-order valence-corrected chi connectivity index (χ3v) is 1.83. The van der Waals surface area contributed by atoms with Crippen LogP contribution in [0.15, 0.2) is 34.9 Å². The van der Waals surface area contributed by atoms with E-state index < -0.39 is 0 Å². The molecule has 0 amide bonds. The van der Waals surface area contributed by atoms with Crippen LogP contribution in [0, 0.1) is 0 Å². The van der Waals surface area contributed by atoms with Crippen LogP contribution in [0.5, 0.6) is 0 Å². The molecule has 0 spiro atoms. The first kappa shape index (κ1) is 8.14. The molecule has 0 aliphatic carbocycles. The first-order chi connectivity index (χ1) is 5.24. The Kier molecular flexibility index (Phi) is 2.54. The second-order valence-electron chi connectivity index (χ2n) is 2.13. The summed E-state index contributed by atoms with van der Waals surface area (Å²) >= 11 is 3.34. The molecule has 0 aliphatic rings. The monoisotopic (exact) mass is 212 g/mol. The maximum Gasteiger partial charge on any atom is 0.0545 e. The quantitative estimate of drug-likeness (QED) is 0.745. The Balaban J connectivity index is 3.06. The average Bonchev–Trinajstić information content (AvgIpc) is 2.03. The van der Waals surface area contributed by atoms with Crippen molar-refractivity contribution in [2.75, 3.05) is 0 Å². The number of halogens is 1. The number of benzene rings is 1. The minimum Gasteiger partial charge on any atom is -0.403 e. The zero-order valence-electron chi connectivity index (χ0n) is 5.92. The second kappa shape index (κ2) is 3.44. The van der Waals surface area contributed by atoms with Crippen molar-refractivity contribution in [1.29, 1.82) is 0 Å². The Labute approximate surface area is 74.0 Å². The smallest absolute Gasteiger partial charge is 0.0545 e. The van der Waals surface area contributed by atoms with Gasteiger partial charge in [-0.1, -0.05) is 28.1 Å². The summed E-state index contributed by atoms with van der Waals surface area (Å²) in [4.78, 5) is 0. The first-order valence-electron chi connectivity index (χ1n) is 3.17. The third-order valence-electron chi connectivity index (χ3n) is 1.34. The van der Waals surface area contributed by atoms with E-state index in [9.17, 15) is 0 Å². The van der Waals surface area contributed by atoms with E-state index in [-0.39, 0.29) is 0 Å². The fraction of sp³-hybridized carbons (Fsp3) is 0. The van der Waals surface area contributed by atoms with Crippen molar-refractivity contribution in [1.82, 2.24) is 0 Å². The van der Waals surface area contributed by atoms with Crippen molar-refractivity contribution < 1.29 is 0 Å². The summed E-state index contributed by atoms with van der Waals surface area (Å²) in [6.07, 6.45) is 1.39. The standard InChI is InChI=1S/C8H9BrN2/c9-7-3-1-2-6(4-7)8(11)5-10/h1-5H,10-11H2/b8-5-. The van der Waals surface area contributed by atoms with Gasteiger partial charge in [-0.15, -0.1) is 0 Å². The van der Waals surface area contributed by atoms with E-state index in [4.69, 9.17) is 11.5 Å². The Bertz CT molecular complexity index is 281. The predicted molar refractivity (Wildman–Crippen MR) is 50.5 cm³/mol. The number of hydrogen-bond acceptors (Lipinski definition) is 2. The molecular formula is C8H9BrN2. The van der Waals surface area contributed by atoms with Gasteiger partial charge in [0.25, 0.3) is 0 Å². The lowest BCUT2D eigenvalue weighted by molar-refractivity contribution is 1.45. The topological polar surface area (TPSA) is 52.0 Å². The minimum absolute atomic E-state index is 0.589. The molecule has 0 aromatic heterocycles. The molecule has 0 aliphatic heterocycles. The van der Waals surface area contributed by atoms with Crippen LogP contribution < -0.4 is 11.5 Å². The van der Waals surface area contributed by atoms with E-state index in [2.05, 4.69) is 15.9 Å². The van der Waals surface area contributed by atoms with Crippen LogP contribution in [0.25, 0.3) is 5.70 Å². The van der Waals surface area contributed by atoms with E-state index in [1.54, 1.807) is 0 Å². The lowest BCUT2D eigenvalue weighted by atomic mass is 10.2. The zero-order chi connectivity index (χ0) is 8.27. The van der Waals surface area contributed by atoms with Gasteiger partial charge in [0.2, 0.25) is 0 Å². The maximum atomic E-state index is 5.58. The molecule has 4 N–H and O–H groups in total. The maximum absolute atomic E-state index is 5.58. The molecule has 0 atom stereocenters. The highest BCUT2D eigenvalue weighted by molar-refractivity contribution is 9.10. The molecule has 1 aromatic rings. The van der Waals surface area contributed by atoms with Gasteiger partial charge in [-0.05, 0) is 17.7 Å². The van der Waals surface area contributed by atoms with Crippen molar-refractivity contribution in [2.24, 2.45) is 11.5 Å². The summed E-state index contributed by atoms with van der Waals surface area (Å²) < 4.78 is 1.000.